The average Bonchev–Trinajstić information content (AvgIpc) is 2.68. The normalized spacial score (nSPS) is 19.3. The number of hydrogen-bond acceptors (Lipinski definition) is 2. The summed E-state index contributed by atoms with van der Waals surface area (Å²) in [4.78, 5) is 1.42. The third-order valence-corrected chi connectivity index (χ3v) is 5.12. The first-order valence-corrected chi connectivity index (χ1v) is 8.08. The zero-order chi connectivity index (χ0) is 12.1. The van der Waals surface area contributed by atoms with Gasteiger partial charge in [0.05, 0.1) is 6.04 Å². The van der Waals surface area contributed by atoms with Gasteiger partial charge in [-0.2, -0.15) is 0 Å². The minimum Gasteiger partial charge on any atom is -0.309 e. The fourth-order valence-corrected chi connectivity index (χ4v) is 4.06. The molecule has 3 heteroatoms. The third-order valence-electron chi connectivity index (χ3n) is 3.36. The van der Waals surface area contributed by atoms with Gasteiger partial charge in [0.15, 0.2) is 0 Å². The maximum Gasteiger partial charge on any atom is 0.0628 e. The first-order chi connectivity index (χ1) is 8.31. The van der Waals surface area contributed by atoms with Crippen LogP contribution < -0.4 is 5.32 Å². The predicted octanol–water partition coefficient (Wildman–Crippen LogP) is 5.05. The van der Waals surface area contributed by atoms with Crippen molar-refractivity contribution in [2.75, 3.05) is 7.05 Å². The van der Waals surface area contributed by atoms with E-state index in [4.69, 9.17) is 0 Å². The summed E-state index contributed by atoms with van der Waals surface area (Å²) < 4.78 is 1.20. The lowest BCUT2D eigenvalue weighted by molar-refractivity contribution is 0.577. The lowest BCUT2D eigenvalue weighted by atomic mass is 9.94. The second kappa shape index (κ2) is 6.72. The molecule has 0 fully saturated rings. The zero-order valence-electron chi connectivity index (χ0n) is 10.3. The molecule has 0 aromatic carbocycles. The number of likely N-dealkylation sites (N-methyl/N-ethyl adjacent to an activating group) is 1. The van der Waals surface area contributed by atoms with E-state index in [1.807, 2.05) is 11.3 Å². The first kappa shape index (κ1) is 13.3. The smallest absolute Gasteiger partial charge is 0.0628 e. The summed E-state index contributed by atoms with van der Waals surface area (Å²) in [5.41, 5.74) is 1.58. The van der Waals surface area contributed by atoms with Gasteiger partial charge in [0.1, 0.15) is 0 Å². The number of thiophene rings is 1. The number of hydrogen-bond donors (Lipinski definition) is 1. The summed E-state index contributed by atoms with van der Waals surface area (Å²) in [6.07, 6.45) is 10.5. The molecule has 0 spiro atoms. The molecule has 1 unspecified atom stereocenters. The highest BCUT2D eigenvalue weighted by Gasteiger charge is 2.16. The Balaban J connectivity index is 2.16. The predicted molar refractivity (Wildman–Crippen MR) is 79.6 cm³/mol. The lowest BCUT2D eigenvalue weighted by Crippen LogP contribution is -2.18. The van der Waals surface area contributed by atoms with Crippen LogP contribution in [0.25, 0.3) is 0 Å². The Labute approximate surface area is 116 Å². The molecule has 0 aliphatic heterocycles. The number of allylic oxidation sites excluding steroid dienone is 1. The molecule has 1 aromatic heterocycles. The van der Waals surface area contributed by atoms with Gasteiger partial charge in [0, 0.05) is 14.7 Å². The average molecular weight is 314 g/mol. The molecular weight excluding hydrogens is 294 g/mol. The minimum atomic E-state index is 0.421. The molecule has 2 rings (SSSR count). The van der Waals surface area contributed by atoms with Crippen molar-refractivity contribution in [3.63, 3.8) is 0 Å². The molecule has 1 aliphatic rings. The summed E-state index contributed by atoms with van der Waals surface area (Å²) in [7, 11) is 2.07. The van der Waals surface area contributed by atoms with Crippen molar-refractivity contribution in [3.05, 3.63) is 32.4 Å². The van der Waals surface area contributed by atoms with Gasteiger partial charge in [-0.1, -0.05) is 24.5 Å². The maximum atomic E-state index is 3.54. The molecule has 0 bridgehead atoms. The van der Waals surface area contributed by atoms with Crippen LogP contribution >= 0.6 is 27.3 Å². The Hall–Kier alpha value is -0.120. The van der Waals surface area contributed by atoms with Crippen LogP contribution in [-0.2, 0) is 0 Å². The van der Waals surface area contributed by atoms with E-state index in [1.54, 1.807) is 5.57 Å². The lowest BCUT2D eigenvalue weighted by Gasteiger charge is -2.20. The molecule has 0 saturated heterocycles. The van der Waals surface area contributed by atoms with Crippen molar-refractivity contribution >= 4 is 27.3 Å². The Kier molecular flexibility index (Phi) is 5.26. The Bertz CT molecular complexity index is 383. The Morgan fingerprint density at radius 3 is 2.82 bits per heavy atom. The molecule has 0 radical (unpaired) electrons. The number of nitrogens with one attached hydrogen (secondary N) is 1. The van der Waals surface area contributed by atoms with Gasteiger partial charge in [0.2, 0.25) is 0 Å². The van der Waals surface area contributed by atoms with Gasteiger partial charge in [-0.3, -0.25) is 0 Å². The van der Waals surface area contributed by atoms with Crippen molar-refractivity contribution < 1.29 is 0 Å². The van der Waals surface area contributed by atoms with Gasteiger partial charge < -0.3 is 5.32 Å². The van der Waals surface area contributed by atoms with Crippen molar-refractivity contribution in [2.24, 2.45) is 0 Å². The van der Waals surface area contributed by atoms with E-state index in [-0.39, 0.29) is 0 Å². The summed E-state index contributed by atoms with van der Waals surface area (Å²) in [5.74, 6) is 0. The quantitative estimate of drug-likeness (QED) is 0.770. The summed E-state index contributed by atoms with van der Waals surface area (Å²) in [5, 5.41) is 5.64. The summed E-state index contributed by atoms with van der Waals surface area (Å²) >= 11 is 5.38. The largest absolute Gasteiger partial charge is 0.309 e. The van der Waals surface area contributed by atoms with E-state index >= 15 is 0 Å². The van der Waals surface area contributed by atoms with Gasteiger partial charge in [-0.25, -0.2) is 0 Å². The monoisotopic (exact) mass is 313 g/mol. The molecule has 1 aliphatic carbocycles. The molecule has 0 amide bonds. The van der Waals surface area contributed by atoms with Crippen molar-refractivity contribution in [2.45, 2.75) is 44.6 Å². The van der Waals surface area contributed by atoms with Crippen LogP contribution in [0.15, 0.2) is 27.6 Å². The van der Waals surface area contributed by atoms with Crippen LogP contribution in [0.4, 0.5) is 0 Å². The van der Waals surface area contributed by atoms with Crippen molar-refractivity contribution in [3.8, 4) is 0 Å². The zero-order valence-corrected chi connectivity index (χ0v) is 12.7. The highest BCUT2D eigenvalue weighted by Crippen LogP contribution is 2.33. The van der Waals surface area contributed by atoms with Crippen LogP contribution in [0, 0.1) is 0 Å². The highest BCUT2D eigenvalue weighted by atomic mass is 79.9. The fraction of sp³-hybridized carbons (Fsp3) is 0.571. The maximum absolute atomic E-state index is 3.54. The van der Waals surface area contributed by atoms with E-state index in [2.05, 4.69) is 45.8 Å². The Morgan fingerprint density at radius 2 is 2.12 bits per heavy atom. The van der Waals surface area contributed by atoms with E-state index in [1.165, 1.54) is 47.9 Å². The first-order valence-electron chi connectivity index (χ1n) is 6.41. The minimum absolute atomic E-state index is 0.421. The molecule has 0 saturated carbocycles. The topological polar surface area (TPSA) is 12.0 Å². The molecule has 1 aromatic rings. The third kappa shape index (κ3) is 3.67. The van der Waals surface area contributed by atoms with Crippen LogP contribution in [0.1, 0.15) is 49.4 Å². The van der Waals surface area contributed by atoms with E-state index < -0.39 is 0 Å². The molecule has 1 nitrogen and oxygen atoms in total. The highest BCUT2D eigenvalue weighted by molar-refractivity contribution is 9.10. The second-order valence-electron chi connectivity index (χ2n) is 4.62. The standard InChI is InChI=1S/C14H20BrNS/c1-16-14(13-9-12(15)10-17-13)11-7-5-3-2-4-6-8-11/h7,9-10,14,16H,2-6,8H2,1H3. The van der Waals surface area contributed by atoms with Crippen LogP contribution in [-0.4, -0.2) is 7.05 Å². The number of halogens is 1. The summed E-state index contributed by atoms with van der Waals surface area (Å²) in [6, 6.07) is 2.66. The fourth-order valence-electron chi connectivity index (χ4n) is 2.47. The van der Waals surface area contributed by atoms with Crippen LogP contribution in [0.5, 0.6) is 0 Å². The van der Waals surface area contributed by atoms with Crippen molar-refractivity contribution in [1.82, 2.24) is 5.32 Å². The molecule has 1 heterocycles. The van der Waals surface area contributed by atoms with E-state index in [0.29, 0.717) is 6.04 Å². The van der Waals surface area contributed by atoms with Crippen LogP contribution in [0.2, 0.25) is 0 Å². The molecule has 17 heavy (non-hydrogen) atoms. The van der Waals surface area contributed by atoms with Gasteiger partial charge in [-0.15, -0.1) is 11.3 Å². The SMILES string of the molecule is CNC(C1=CCCCCCC1)c1cc(Br)cs1. The van der Waals surface area contributed by atoms with Crippen LogP contribution in [0.3, 0.4) is 0 Å². The van der Waals surface area contributed by atoms with Gasteiger partial charge >= 0.3 is 0 Å². The van der Waals surface area contributed by atoms with Crippen molar-refractivity contribution in [1.29, 1.82) is 0 Å². The molecular formula is C14H20BrNS. The second-order valence-corrected chi connectivity index (χ2v) is 6.48. The number of rotatable bonds is 3. The molecule has 1 N–H and O–H groups in total. The molecule has 94 valence electrons. The van der Waals surface area contributed by atoms with E-state index in [0.717, 1.165) is 0 Å². The van der Waals surface area contributed by atoms with E-state index in [9.17, 15) is 0 Å². The summed E-state index contributed by atoms with van der Waals surface area (Å²) in [6.45, 7) is 0. The van der Waals surface area contributed by atoms with Gasteiger partial charge in [-0.05, 0) is 54.7 Å². The van der Waals surface area contributed by atoms with Gasteiger partial charge in [0.25, 0.3) is 0 Å². The molecule has 1 atom stereocenters. The Morgan fingerprint density at radius 1 is 1.29 bits per heavy atom.